The van der Waals surface area contributed by atoms with Gasteiger partial charge in [0, 0.05) is 5.56 Å². The fourth-order valence-electron chi connectivity index (χ4n) is 5.97. The number of hydrogen-bond donors (Lipinski definition) is 3. The second-order valence-electron chi connectivity index (χ2n) is 11.0. The SMILES string of the molecule is CCCC1(CCC)C(=O)C(C2=NS(=O)(=O)c3cc(NS(=O)(=O)NC(=O)OCc4ccccc4)ccc3N2)C(=O)c2cc(F)ccc21. The first-order chi connectivity index (χ1) is 21.8. The zero-order chi connectivity index (χ0) is 33.3. The van der Waals surface area contributed by atoms with Gasteiger partial charge in [-0.15, -0.1) is 4.40 Å². The zero-order valence-electron chi connectivity index (χ0n) is 24.9. The predicted octanol–water partition coefficient (Wildman–Crippen LogP) is 4.84. The van der Waals surface area contributed by atoms with Gasteiger partial charge in [0.1, 0.15) is 29.1 Å². The molecule has 5 rings (SSSR count). The van der Waals surface area contributed by atoms with Gasteiger partial charge in [-0.1, -0.05) is 63.1 Å². The minimum Gasteiger partial charge on any atom is -0.444 e. The van der Waals surface area contributed by atoms with E-state index in [-0.39, 0.29) is 23.5 Å². The Hall–Kier alpha value is -4.63. The van der Waals surface area contributed by atoms with Crippen LogP contribution in [-0.4, -0.2) is 40.3 Å². The second kappa shape index (κ2) is 12.6. The average Bonchev–Trinajstić information content (AvgIpc) is 2.99. The largest absolute Gasteiger partial charge is 0.444 e. The normalized spacial score (nSPS) is 18.0. The molecular formula is C31H31FN4O8S2. The number of sulfonamides is 1. The Morgan fingerprint density at radius 3 is 2.39 bits per heavy atom. The third-order valence-corrected chi connectivity index (χ3v) is 10.1. The van der Waals surface area contributed by atoms with E-state index in [9.17, 15) is 35.6 Å². The molecule has 0 radical (unpaired) electrons. The first kappa shape index (κ1) is 32.8. The van der Waals surface area contributed by atoms with E-state index in [0.717, 1.165) is 12.1 Å². The molecule has 1 aliphatic carbocycles. The average molecular weight is 671 g/mol. The Morgan fingerprint density at radius 1 is 1.02 bits per heavy atom. The van der Waals surface area contributed by atoms with Gasteiger partial charge in [-0.05, 0) is 54.3 Å². The molecule has 15 heteroatoms. The van der Waals surface area contributed by atoms with Crippen molar-refractivity contribution in [3.8, 4) is 0 Å². The highest BCUT2D eigenvalue weighted by molar-refractivity contribution is 7.91. The van der Waals surface area contributed by atoms with Crippen molar-refractivity contribution in [1.29, 1.82) is 0 Å². The van der Waals surface area contributed by atoms with Crippen molar-refractivity contribution in [3.05, 3.63) is 89.2 Å². The summed E-state index contributed by atoms with van der Waals surface area (Å²) in [6, 6.07) is 15.7. The molecule has 0 fully saturated rings. The van der Waals surface area contributed by atoms with Crippen LogP contribution in [0.15, 0.2) is 76.0 Å². The first-order valence-corrected chi connectivity index (χ1v) is 17.4. The van der Waals surface area contributed by atoms with Crippen molar-refractivity contribution in [1.82, 2.24) is 4.72 Å². The number of nitrogens with one attached hydrogen (secondary N) is 3. The molecule has 0 spiro atoms. The molecule has 1 atom stereocenters. The van der Waals surface area contributed by atoms with Gasteiger partial charge in [0.25, 0.3) is 10.0 Å². The van der Waals surface area contributed by atoms with Crippen molar-refractivity contribution < 1.29 is 40.3 Å². The van der Waals surface area contributed by atoms with Crippen LogP contribution in [0.25, 0.3) is 0 Å². The monoisotopic (exact) mass is 670 g/mol. The van der Waals surface area contributed by atoms with E-state index in [1.165, 1.54) is 24.3 Å². The molecule has 0 aromatic heterocycles. The van der Waals surface area contributed by atoms with Gasteiger partial charge in [0.15, 0.2) is 11.6 Å². The summed E-state index contributed by atoms with van der Waals surface area (Å²) in [5.41, 5.74) is -0.409. The van der Waals surface area contributed by atoms with Gasteiger partial charge in [0.05, 0.1) is 16.8 Å². The number of benzene rings is 3. The lowest BCUT2D eigenvalue weighted by Crippen LogP contribution is -2.52. The van der Waals surface area contributed by atoms with Crippen molar-refractivity contribution in [2.45, 2.75) is 56.4 Å². The van der Waals surface area contributed by atoms with Gasteiger partial charge < -0.3 is 10.1 Å². The second-order valence-corrected chi connectivity index (χ2v) is 14.0. The molecule has 3 N–H and O–H groups in total. The predicted molar refractivity (Wildman–Crippen MR) is 168 cm³/mol. The smallest absolute Gasteiger partial charge is 0.422 e. The van der Waals surface area contributed by atoms with E-state index >= 15 is 0 Å². The summed E-state index contributed by atoms with van der Waals surface area (Å²) < 4.78 is 78.7. The Bertz CT molecular complexity index is 1960. The molecule has 0 bridgehead atoms. The number of nitrogens with zero attached hydrogens (tertiary/aromatic N) is 1. The minimum absolute atomic E-state index is 0.00116. The molecule has 1 heterocycles. The number of ether oxygens (including phenoxy) is 1. The van der Waals surface area contributed by atoms with Crippen molar-refractivity contribution >= 4 is 55.1 Å². The van der Waals surface area contributed by atoms with Crippen molar-refractivity contribution in [2.24, 2.45) is 10.3 Å². The van der Waals surface area contributed by atoms with Gasteiger partial charge in [-0.2, -0.15) is 16.8 Å². The molecule has 0 saturated heterocycles. The number of amides is 1. The molecule has 3 aromatic carbocycles. The number of Topliss-reactive ketones (excluding diaryl/α,β-unsaturated/α-hetero) is 2. The Kier molecular flexibility index (Phi) is 9.00. The van der Waals surface area contributed by atoms with Crippen LogP contribution in [0.3, 0.4) is 0 Å². The number of fused-ring (bicyclic) bond motifs is 2. The van der Waals surface area contributed by atoms with Crippen LogP contribution in [0.1, 0.15) is 61.0 Å². The Balaban J connectivity index is 1.41. The fraction of sp³-hybridized carbons (Fsp3) is 0.290. The van der Waals surface area contributed by atoms with Gasteiger partial charge in [-0.3, -0.25) is 14.3 Å². The van der Waals surface area contributed by atoms with Crippen LogP contribution in [0.5, 0.6) is 0 Å². The van der Waals surface area contributed by atoms with Crippen LogP contribution in [0, 0.1) is 11.7 Å². The molecule has 1 unspecified atom stereocenters. The lowest BCUT2D eigenvalue weighted by molar-refractivity contribution is -0.126. The van der Waals surface area contributed by atoms with Crippen LogP contribution in [0.2, 0.25) is 0 Å². The third-order valence-electron chi connectivity index (χ3n) is 7.81. The number of rotatable bonds is 10. The molecule has 0 saturated carbocycles. The Labute approximate surface area is 265 Å². The summed E-state index contributed by atoms with van der Waals surface area (Å²) in [5.74, 6) is -4.04. The molecule has 1 aliphatic heterocycles. The molecule has 46 heavy (non-hydrogen) atoms. The number of anilines is 2. The lowest BCUT2D eigenvalue weighted by Gasteiger charge is -2.41. The highest BCUT2D eigenvalue weighted by atomic mass is 32.2. The number of ketones is 2. The molecule has 3 aromatic rings. The van der Waals surface area contributed by atoms with E-state index in [2.05, 4.69) is 14.4 Å². The zero-order valence-corrected chi connectivity index (χ0v) is 26.5. The summed E-state index contributed by atoms with van der Waals surface area (Å²) in [5, 5.41) is 2.77. The maximum Gasteiger partial charge on any atom is 0.422 e. The minimum atomic E-state index is -4.58. The lowest BCUT2D eigenvalue weighted by atomic mass is 9.60. The van der Waals surface area contributed by atoms with Gasteiger partial charge in [-0.25, -0.2) is 13.9 Å². The van der Waals surface area contributed by atoms with Crippen LogP contribution in [-0.2, 0) is 41.8 Å². The number of halogens is 1. The first-order valence-electron chi connectivity index (χ1n) is 14.5. The maximum absolute atomic E-state index is 14.4. The summed E-state index contributed by atoms with van der Waals surface area (Å²) >= 11 is 0. The van der Waals surface area contributed by atoms with Crippen LogP contribution >= 0.6 is 0 Å². The molecular weight excluding hydrogens is 639 g/mol. The van der Waals surface area contributed by atoms with Gasteiger partial charge >= 0.3 is 16.3 Å². The quantitative estimate of drug-likeness (QED) is 0.255. The molecule has 1 amide bonds. The summed E-state index contributed by atoms with van der Waals surface area (Å²) in [7, 11) is -9.12. The van der Waals surface area contributed by atoms with Crippen molar-refractivity contribution in [2.75, 3.05) is 10.0 Å². The number of carbonyl (C=O) groups is 3. The number of amidine groups is 1. The molecule has 2 aliphatic rings. The summed E-state index contributed by atoms with van der Waals surface area (Å²) in [4.78, 5) is 39.5. The highest BCUT2D eigenvalue weighted by Gasteiger charge is 2.53. The summed E-state index contributed by atoms with van der Waals surface area (Å²) in [6.07, 6.45) is 0.598. The maximum atomic E-state index is 14.4. The van der Waals surface area contributed by atoms with E-state index in [1.54, 1.807) is 35.1 Å². The van der Waals surface area contributed by atoms with E-state index in [1.807, 2.05) is 13.8 Å². The third kappa shape index (κ3) is 6.37. The topological polar surface area (TPSA) is 177 Å². The van der Waals surface area contributed by atoms with E-state index < -0.39 is 65.8 Å². The van der Waals surface area contributed by atoms with Gasteiger partial charge in [0.2, 0.25) is 0 Å². The Morgan fingerprint density at radius 2 is 1.72 bits per heavy atom. The molecule has 242 valence electrons. The van der Waals surface area contributed by atoms with Crippen LogP contribution in [0.4, 0.5) is 20.6 Å². The van der Waals surface area contributed by atoms with E-state index in [0.29, 0.717) is 36.8 Å². The van der Waals surface area contributed by atoms with E-state index in [4.69, 9.17) is 4.74 Å². The number of hydrogen-bond acceptors (Lipinski definition) is 9. The summed E-state index contributed by atoms with van der Waals surface area (Å²) in [6.45, 7) is 3.58. The number of carbonyl (C=O) groups excluding carboxylic acids is 3. The standard InChI is InChI=1S/C31H31FN4O8S2/c1-3-14-31(15-4-2)23-12-10-20(32)16-22(23)27(37)26(28(31)38)29-33-24-13-11-21(17-25(24)45(40,41)35-29)34-46(42,43)36-30(39)44-18-19-8-6-5-7-9-19/h5-13,16-17,26,34H,3-4,14-15,18H2,1-2H3,(H,33,35)(H,36,39). The molecule has 12 nitrogen and oxygen atoms in total. The van der Waals surface area contributed by atoms with Crippen molar-refractivity contribution in [3.63, 3.8) is 0 Å². The fourth-order valence-corrected chi connectivity index (χ4v) is 7.92. The van der Waals surface area contributed by atoms with Crippen LogP contribution < -0.4 is 14.8 Å². The highest BCUT2D eigenvalue weighted by Crippen LogP contribution is 2.45.